The second kappa shape index (κ2) is 3.59. The van der Waals surface area contributed by atoms with E-state index in [1.54, 1.807) is 0 Å². The van der Waals surface area contributed by atoms with Gasteiger partial charge >= 0.3 is 0 Å². The van der Waals surface area contributed by atoms with Crippen molar-refractivity contribution in [2.24, 2.45) is 0 Å². The first-order valence-corrected chi connectivity index (χ1v) is 4.48. The summed E-state index contributed by atoms with van der Waals surface area (Å²) in [4.78, 5) is 7.34. The number of aromatic nitrogens is 1. The van der Waals surface area contributed by atoms with Crippen LogP contribution in [0, 0.1) is 17.9 Å². The maximum absolute atomic E-state index is 8.96. The highest BCUT2D eigenvalue weighted by molar-refractivity contribution is 5.66. The van der Waals surface area contributed by atoms with E-state index in [0.29, 0.717) is 11.3 Å². The molecule has 0 unspecified atom stereocenters. The molecule has 0 aliphatic heterocycles. The molecule has 0 saturated carbocycles. The molecule has 0 fully saturated rings. The third-order valence-electron chi connectivity index (χ3n) is 1.98. The minimum atomic E-state index is -0.250. The summed E-state index contributed by atoms with van der Waals surface area (Å²) in [6.07, 6.45) is 0. The molecule has 0 spiro atoms. The Kier molecular flexibility index (Phi) is 2.63. The molecule has 0 bridgehead atoms. The molecule has 1 heterocycles. The second-order valence-electron chi connectivity index (χ2n) is 4.26. The van der Waals surface area contributed by atoms with Gasteiger partial charge in [0.1, 0.15) is 5.82 Å². The van der Waals surface area contributed by atoms with Crippen molar-refractivity contribution >= 4 is 11.5 Å². The summed E-state index contributed by atoms with van der Waals surface area (Å²) in [6.45, 7) is 12.7. The number of hydrogen-bond donors (Lipinski definition) is 1. The molecule has 0 aromatic carbocycles. The van der Waals surface area contributed by atoms with Crippen LogP contribution in [0.25, 0.3) is 4.85 Å². The van der Waals surface area contributed by atoms with E-state index in [4.69, 9.17) is 17.6 Å². The van der Waals surface area contributed by atoms with E-state index in [1.165, 1.54) is 6.07 Å². The van der Waals surface area contributed by atoms with Gasteiger partial charge in [0.2, 0.25) is 5.69 Å². The molecule has 4 nitrogen and oxygen atoms in total. The van der Waals surface area contributed by atoms with Crippen LogP contribution in [0.4, 0.5) is 11.5 Å². The number of hydrogen-bond acceptors (Lipinski definition) is 3. The number of nitrogens with zero attached hydrogens (tertiary/aromatic N) is 3. The summed E-state index contributed by atoms with van der Waals surface area (Å²) in [5, 5.41) is 8.96. The van der Waals surface area contributed by atoms with E-state index in [1.807, 2.05) is 26.8 Å². The van der Waals surface area contributed by atoms with Crippen molar-refractivity contribution in [2.45, 2.75) is 26.2 Å². The van der Waals surface area contributed by atoms with Gasteiger partial charge in [-0.2, -0.15) is 5.26 Å². The minimum Gasteiger partial charge on any atom is -0.392 e. The van der Waals surface area contributed by atoms with Crippen LogP contribution >= 0.6 is 0 Å². The first-order chi connectivity index (χ1) is 6.90. The lowest BCUT2D eigenvalue weighted by molar-refractivity contribution is 0.568. The minimum absolute atomic E-state index is 0.189. The van der Waals surface area contributed by atoms with Crippen LogP contribution in [0.1, 0.15) is 32.0 Å². The summed E-state index contributed by atoms with van der Waals surface area (Å²) >= 11 is 0. The normalized spacial score (nSPS) is 10.5. The molecule has 15 heavy (non-hydrogen) atoms. The third-order valence-corrected chi connectivity index (χ3v) is 1.98. The summed E-state index contributed by atoms with van der Waals surface area (Å²) in [7, 11) is 0. The molecule has 0 saturated heterocycles. The van der Waals surface area contributed by atoms with E-state index in [-0.39, 0.29) is 16.9 Å². The standard InChI is InChI=1S/C11H12N4/c1-11(2,3)9-7(6-12)5-8(14-4)10(13)15-9/h5H,1-3H3,(H2,13,15). The maximum atomic E-state index is 8.96. The highest BCUT2D eigenvalue weighted by atomic mass is 14.9. The van der Waals surface area contributed by atoms with Crippen LogP contribution in [0.15, 0.2) is 6.07 Å². The predicted molar refractivity (Wildman–Crippen MR) is 58.3 cm³/mol. The molecule has 1 aromatic rings. The Morgan fingerprint density at radius 1 is 1.53 bits per heavy atom. The lowest BCUT2D eigenvalue weighted by atomic mass is 9.88. The van der Waals surface area contributed by atoms with Gasteiger partial charge in [-0.3, -0.25) is 0 Å². The topological polar surface area (TPSA) is 67.1 Å². The van der Waals surface area contributed by atoms with E-state index in [0.717, 1.165) is 0 Å². The van der Waals surface area contributed by atoms with E-state index < -0.39 is 0 Å². The summed E-state index contributed by atoms with van der Waals surface area (Å²) in [6, 6.07) is 3.54. The van der Waals surface area contributed by atoms with Gasteiger partial charge in [-0.15, -0.1) is 0 Å². The van der Waals surface area contributed by atoms with E-state index in [2.05, 4.69) is 9.83 Å². The highest BCUT2D eigenvalue weighted by Gasteiger charge is 2.21. The van der Waals surface area contributed by atoms with Crippen LogP contribution < -0.4 is 5.73 Å². The first-order valence-electron chi connectivity index (χ1n) is 4.48. The molecule has 2 N–H and O–H groups in total. The lowest BCUT2D eigenvalue weighted by Crippen LogP contribution is -2.16. The molecule has 76 valence electrons. The fourth-order valence-corrected chi connectivity index (χ4v) is 1.26. The molecule has 0 radical (unpaired) electrons. The van der Waals surface area contributed by atoms with Crippen molar-refractivity contribution in [3.63, 3.8) is 0 Å². The smallest absolute Gasteiger partial charge is 0.229 e. The number of rotatable bonds is 0. The van der Waals surface area contributed by atoms with Crippen molar-refractivity contribution < 1.29 is 0 Å². The van der Waals surface area contributed by atoms with Gasteiger partial charge in [0.15, 0.2) is 0 Å². The van der Waals surface area contributed by atoms with E-state index >= 15 is 0 Å². The summed E-state index contributed by atoms with van der Waals surface area (Å²) in [5.41, 5.74) is 6.66. The summed E-state index contributed by atoms with van der Waals surface area (Å²) in [5.74, 6) is 0.189. The summed E-state index contributed by atoms with van der Waals surface area (Å²) < 4.78 is 0. The largest absolute Gasteiger partial charge is 0.392 e. The van der Waals surface area contributed by atoms with Gasteiger partial charge in [-0.05, 0) is 6.07 Å². The quantitative estimate of drug-likeness (QED) is 0.654. The van der Waals surface area contributed by atoms with Crippen molar-refractivity contribution in [2.75, 3.05) is 5.73 Å². The van der Waals surface area contributed by atoms with Crippen LogP contribution in [0.3, 0.4) is 0 Å². The third kappa shape index (κ3) is 2.05. The number of nitrogen functional groups attached to an aromatic ring is 1. The Bertz CT molecular complexity index is 469. The number of nitrogens with two attached hydrogens (primary N) is 1. The zero-order chi connectivity index (χ0) is 11.6. The van der Waals surface area contributed by atoms with Gasteiger partial charge in [0.25, 0.3) is 0 Å². The lowest BCUT2D eigenvalue weighted by Gasteiger charge is -2.19. The Labute approximate surface area is 89.2 Å². The van der Waals surface area contributed by atoms with E-state index in [9.17, 15) is 0 Å². The van der Waals surface area contributed by atoms with Crippen molar-refractivity contribution in [1.29, 1.82) is 5.26 Å². The van der Waals surface area contributed by atoms with Crippen LogP contribution in [-0.4, -0.2) is 4.98 Å². The predicted octanol–water partition coefficient (Wildman–Crippen LogP) is 2.38. The molecule has 0 amide bonds. The fourth-order valence-electron chi connectivity index (χ4n) is 1.26. The Balaban J connectivity index is 3.52. The molecule has 0 aliphatic carbocycles. The van der Waals surface area contributed by atoms with Gasteiger partial charge in [-0.25, -0.2) is 9.83 Å². The van der Waals surface area contributed by atoms with Gasteiger partial charge in [0, 0.05) is 5.41 Å². The average molecular weight is 200 g/mol. The number of nitriles is 1. The number of anilines is 1. The SMILES string of the molecule is [C-]#[N+]c1cc(C#N)c(C(C)(C)C)nc1N. The van der Waals surface area contributed by atoms with Crippen LogP contribution in [0.2, 0.25) is 0 Å². The Morgan fingerprint density at radius 2 is 2.13 bits per heavy atom. The van der Waals surface area contributed by atoms with Gasteiger partial charge in [0.05, 0.1) is 23.9 Å². The van der Waals surface area contributed by atoms with Gasteiger partial charge < -0.3 is 5.73 Å². The monoisotopic (exact) mass is 200 g/mol. The first kappa shape index (κ1) is 11.0. The molecular weight excluding hydrogens is 188 g/mol. The average Bonchev–Trinajstić information content (AvgIpc) is 2.16. The van der Waals surface area contributed by atoms with Crippen molar-refractivity contribution in [3.05, 3.63) is 28.7 Å². The molecule has 4 heteroatoms. The zero-order valence-corrected chi connectivity index (χ0v) is 9.00. The zero-order valence-electron chi connectivity index (χ0n) is 9.00. The molecule has 0 aliphatic rings. The molecule has 0 atom stereocenters. The highest BCUT2D eigenvalue weighted by Crippen LogP contribution is 2.29. The van der Waals surface area contributed by atoms with Crippen LogP contribution in [-0.2, 0) is 5.41 Å². The fraction of sp³-hybridized carbons (Fsp3) is 0.364. The molecular formula is C11H12N4. The Morgan fingerprint density at radius 3 is 2.53 bits per heavy atom. The molecule has 1 rings (SSSR count). The Hall–Kier alpha value is -2.07. The van der Waals surface area contributed by atoms with Crippen LogP contribution in [0.5, 0.6) is 0 Å². The van der Waals surface area contributed by atoms with Crippen molar-refractivity contribution in [1.82, 2.24) is 4.98 Å². The molecule has 1 aromatic heterocycles. The van der Waals surface area contributed by atoms with Crippen molar-refractivity contribution in [3.8, 4) is 6.07 Å². The maximum Gasteiger partial charge on any atom is 0.229 e. The second-order valence-corrected chi connectivity index (χ2v) is 4.26. The number of pyridine rings is 1. The van der Waals surface area contributed by atoms with Gasteiger partial charge in [-0.1, -0.05) is 20.8 Å².